The second-order valence-electron chi connectivity index (χ2n) is 5.69. The minimum absolute atomic E-state index is 0.208. The lowest BCUT2D eigenvalue weighted by molar-refractivity contribution is -0.123. The molecule has 0 spiro atoms. The molecule has 0 radical (unpaired) electrons. The standard InChI is InChI=1S/C19H21BrN2O4/c1-4-25-17-6-5-14(20)10-16(17)19(24)22-21-18(23)11-26-15-8-12(2)7-13(3)9-15/h5-10H,4,11H2,1-3H3,(H,21,23)(H,22,24). The smallest absolute Gasteiger partial charge is 0.276 e. The fourth-order valence-electron chi connectivity index (χ4n) is 2.36. The van der Waals surface area contributed by atoms with E-state index in [9.17, 15) is 9.59 Å². The Morgan fingerprint density at radius 2 is 1.69 bits per heavy atom. The van der Waals surface area contributed by atoms with Crippen molar-refractivity contribution in [2.45, 2.75) is 20.8 Å². The molecule has 2 rings (SSSR count). The quantitative estimate of drug-likeness (QED) is 0.702. The Morgan fingerprint density at radius 1 is 1.00 bits per heavy atom. The van der Waals surface area contributed by atoms with Crippen LogP contribution in [-0.2, 0) is 4.79 Å². The van der Waals surface area contributed by atoms with Crippen LogP contribution >= 0.6 is 15.9 Å². The SMILES string of the molecule is CCOc1ccc(Br)cc1C(=O)NNC(=O)COc1cc(C)cc(C)c1. The molecule has 138 valence electrons. The van der Waals surface area contributed by atoms with Gasteiger partial charge in [0, 0.05) is 4.47 Å². The summed E-state index contributed by atoms with van der Waals surface area (Å²) in [6.45, 7) is 5.95. The summed E-state index contributed by atoms with van der Waals surface area (Å²) in [5, 5.41) is 0. The molecule has 0 aromatic heterocycles. The predicted molar refractivity (Wildman–Crippen MR) is 102 cm³/mol. The van der Waals surface area contributed by atoms with E-state index in [1.165, 1.54) is 0 Å². The maximum atomic E-state index is 12.3. The summed E-state index contributed by atoms with van der Waals surface area (Å²) in [6, 6.07) is 10.8. The van der Waals surface area contributed by atoms with Crippen LogP contribution in [0.2, 0.25) is 0 Å². The first-order chi connectivity index (χ1) is 12.4. The summed E-state index contributed by atoms with van der Waals surface area (Å²) < 4.78 is 11.6. The molecule has 0 saturated heterocycles. The largest absolute Gasteiger partial charge is 0.493 e. The first kappa shape index (κ1) is 19.8. The van der Waals surface area contributed by atoms with Gasteiger partial charge in [-0.15, -0.1) is 0 Å². The lowest BCUT2D eigenvalue weighted by atomic mass is 10.1. The van der Waals surface area contributed by atoms with Crippen molar-refractivity contribution in [3.8, 4) is 11.5 Å². The number of nitrogens with one attached hydrogen (secondary N) is 2. The molecule has 0 aliphatic carbocycles. The van der Waals surface area contributed by atoms with Gasteiger partial charge in [0.15, 0.2) is 6.61 Å². The van der Waals surface area contributed by atoms with Crippen LogP contribution in [0.1, 0.15) is 28.4 Å². The first-order valence-corrected chi connectivity index (χ1v) is 8.91. The summed E-state index contributed by atoms with van der Waals surface area (Å²) in [6.07, 6.45) is 0. The molecule has 0 heterocycles. The Hall–Kier alpha value is -2.54. The monoisotopic (exact) mass is 420 g/mol. The van der Waals surface area contributed by atoms with E-state index in [0.717, 1.165) is 15.6 Å². The number of hydrogen-bond donors (Lipinski definition) is 2. The van der Waals surface area contributed by atoms with Gasteiger partial charge in [0.1, 0.15) is 11.5 Å². The molecule has 2 aromatic rings. The van der Waals surface area contributed by atoms with Gasteiger partial charge in [-0.2, -0.15) is 0 Å². The summed E-state index contributed by atoms with van der Waals surface area (Å²) >= 11 is 3.32. The topological polar surface area (TPSA) is 76.7 Å². The molecule has 0 unspecified atom stereocenters. The van der Waals surface area contributed by atoms with Gasteiger partial charge < -0.3 is 9.47 Å². The van der Waals surface area contributed by atoms with Crippen molar-refractivity contribution < 1.29 is 19.1 Å². The van der Waals surface area contributed by atoms with Gasteiger partial charge in [0.05, 0.1) is 12.2 Å². The number of rotatable bonds is 6. The van der Waals surface area contributed by atoms with Gasteiger partial charge in [-0.25, -0.2) is 0 Å². The van der Waals surface area contributed by atoms with Crippen LogP contribution in [0.5, 0.6) is 11.5 Å². The number of carbonyl (C=O) groups is 2. The Labute approximate surface area is 161 Å². The van der Waals surface area contributed by atoms with Crippen molar-refractivity contribution >= 4 is 27.7 Å². The number of carbonyl (C=O) groups excluding carboxylic acids is 2. The van der Waals surface area contributed by atoms with Gasteiger partial charge in [0.25, 0.3) is 11.8 Å². The van der Waals surface area contributed by atoms with E-state index in [4.69, 9.17) is 9.47 Å². The highest BCUT2D eigenvalue weighted by Crippen LogP contribution is 2.23. The minimum atomic E-state index is -0.477. The van der Waals surface area contributed by atoms with Crippen molar-refractivity contribution in [1.29, 1.82) is 0 Å². The summed E-state index contributed by atoms with van der Waals surface area (Å²) in [4.78, 5) is 24.2. The van der Waals surface area contributed by atoms with E-state index in [0.29, 0.717) is 23.7 Å². The molecule has 0 saturated carbocycles. The number of halogens is 1. The highest BCUT2D eigenvalue weighted by atomic mass is 79.9. The van der Waals surface area contributed by atoms with Gasteiger partial charge in [-0.3, -0.25) is 20.4 Å². The van der Waals surface area contributed by atoms with Crippen molar-refractivity contribution in [2.75, 3.05) is 13.2 Å². The number of amides is 2. The van der Waals surface area contributed by atoms with Crippen LogP contribution in [0.15, 0.2) is 40.9 Å². The number of ether oxygens (including phenoxy) is 2. The normalized spacial score (nSPS) is 10.2. The third-order valence-corrected chi connectivity index (χ3v) is 3.86. The number of aryl methyl sites for hydroxylation is 2. The molecule has 0 aliphatic rings. The molecule has 2 aromatic carbocycles. The highest BCUT2D eigenvalue weighted by Gasteiger charge is 2.14. The van der Waals surface area contributed by atoms with Crippen LogP contribution < -0.4 is 20.3 Å². The summed E-state index contributed by atoms with van der Waals surface area (Å²) in [5.74, 6) is 0.100. The van der Waals surface area contributed by atoms with E-state index in [2.05, 4.69) is 26.8 Å². The summed E-state index contributed by atoms with van der Waals surface area (Å²) in [5.41, 5.74) is 7.11. The number of hydrogen-bond acceptors (Lipinski definition) is 4. The molecule has 0 fully saturated rings. The average Bonchev–Trinajstić information content (AvgIpc) is 2.58. The zero-order valence-electron chi connectivity index (χ0n) is 14.9. The second kappa shape index (κ2) is 9.24. The van der Waals surface area contributed by atoms with Gasteiger partial charge in [0.2, 0.25) is 0 Å². The van der Waals surface area contributed by atoms with Crippen LogP contribution in [0, 0.1) is 13.8 Å². The Bertz CT molecular complexity index is 788. The van der Waals surface area contributed by atoms with Gasteiger partial charge in [-0.1, -0.05) is 22.0 Å². The zero-order valence-corrected chi connectivity index (χ0v) is 16.5. The van der Waals surface area contributed by atoms with E-state index in [-0.39, 0.29) is 6.61 Å². The maximum absolute atomic E-state index is 12.3. The zero-order chi connectivity index (χ0) is 19.1. The van der Waals surface area contributed by atoms with Crippen LogP contribution in [0.3, 0.4) is 0 Å². The minimum Gasteiger partial charge on any atom is -0.493 e. The molecule has 0 aliphatic heterocycles. The van der Waals surface area contributed by atoms with E-state index >= 15 is 0 Å². The van der Waals surface area contributed by atoms with Crippen molar-refractivity contribution in [3.63, 3.8) is 0 Å². The third-order valence-electron chi connectivity index (χ3n) is 3.37. The fraction of sp³-hybridized carbons (Fsp3) is 0.263. The van der Waals surface area contributed by atoms with E-state index in [1.807, 2.05) is 39.0 Å². The molecule has 2 amide bonds. The molecular formula is C19H21BrN2O4. The van der Waals surface area contributed by atoms with Crippen LogP contribution in [0.4, 0.5) is 0 Å². The molecule has 0 atom stereocenters. The van der Waals surface area contributed by atoms with Crippen molar-refractivity contribution in [2.24, 2.45) is 0 Å². The van der Waals surface area contributed by atoms with Crippen LogP contribution in [0.25, 0.3) is 0 Å². The Kier molecular flexibility index (Phi) is 7.03. The van der Waals surface area contributed by atoms with Crippen LogP contribution in [-0.4, -0.2) is 25.0 Å². The lowest BCUT2D eigenvalue weighted by Crippen LogP contribution is -2.44. The van der Waals surface area contributed by atoms with E-state index in [1.54, 1.807) is 18.2 Å². The average molecular weight is 421 g/mol. The summed E-state index contributed by atoms with van der Waals surface area (Å²) in [7, 11) is 0. The van der Waals surface area contributed by atoms with Crippen molar-refractivity contribution in [1.82, 2.24) is 10.9 Å². The molecule has 6 nitrogen and oxygen atoms in total. The first-order valence-electron chi connectivity index (χ1n) is 8.11. The lowest BCUT2D eigenvalue weighted by Gasteiger charge is -2.12. The molecule has 0 bridgehead atoms. The number of benzene rings is 2. The second-order valence-corrected chi connectivity index (χ2v) is 6.60. The Balaban J connectivity index is 1.90. The molecular weight excluding hydrogens is 400 g/mol. The fourth-order valence-corrected chi connectivity index (χ4v) is 2.72. The predicted octanol–water partition coefficient (Wildman–Crippen LogP) is 3.30. The van der Waals surface area contributed by atoms with E-state index < -0.39 is 11.8 Å². The third kappa shape index (κ3) is 5.77. The number of hydrazine groups is 1. The van der Waals surface area contributed by atoms with Gasteiger partial charge >= 0.3 is 0 Å². The van der Waals surface area contributed by atoms with Crippen molar-refractivity contribution in [3.05, 3.63) is 57.6 Å². The maximum Gasteiger partial charge on any atom is 0.276 e. The molecule has 2 N–H and O–H groups in total. The molecule has 7 heteroatoms. The Morgan fingerprint density at radius 3 is 2.35 bits per heavy atom. The van der Waals surface area contributed by atoms with Gasteiger partial charge in [-0.05, 0) is 62.2 Å². The molecule has 26 heavy (non-hydrogen) atoms. The highest BCUT2D eigenvalue weighted by molar-refractivity contribution is 9.10.